The Morgan fingerprint density at radius 3 is 2.55 bits per heavy atom. The van der Waals surface area contributed by atoms with E-state index in [0.29, 0.717) is 5.92 Å². The molecular formula is C16H20N4. The highest BCUT2D eigenvalue weighted by Gasteiger charge is 2.27. The summed E-state index contributed by atoms with van der Waals surface area (Å²) < 4.78 is 0. The molecule has 1 fully saturated rings. The number of aromatic nitrogens is 2. The van der Waals surface area contributed by atoms with E-state index in [4.69, 9.17) is 0 Å². The molecule has 2 N–H and O–H groups in total. The summed E-state index contributed by atoms with van der Waals surface area (Å²) in [6.07, 6.45) is 2.41. The minimum absolute atomic E-state index is 0.544. The highest BCUT2D eigenvalue weighted by atomic mass is 15.1. The van der Waals surface area contributed by atoms with E-state index in [2.05, 4.69) is 52.6 Å². The summed E-state index contributed by atoms with van der Waals surface area (Å²) in [5, 5.41) is 6.53. The molecule has 0 amide bonds. The molecular weight excluding hydrogens is 248 g/mol. The number of nitrogens with one attached hydrogen (secondary N) is 2. The number of anilines is 3. The normalized spacial score (nSPS) is 14.2. The zero-order valence-electron chi connectivity index (χ0n) is 12.2. The lowest BCUT2D eigenvalue weighted by molar-refractivity contribution is 0.932. The van der Waals surface area contributed by atoms with Crippen LogP contribution >= 0.6 is 0 Å². The van der Waals surface area contributed by atoms with Crippen molar-refractivity contribution in [3.63, 3.8) is 0 Å². The fraction of sp³-hybridized carbons (Fsp3) is 0.375. The highest BCUT2D eigenvalue weighted by Crippen LogP contribution is 2.39. The lowest BCUT2D eigenvalue weighted by Crippen LogP contribution is -2.04. The van der Waals surface area contributed by atoms with Crippen LogP contribution in [0.1, 0.15) is 35.7 Å². The van der Waals surface area contributed by atoms with Crippen molar-refractivity contribution in [3.05, 3.63) is 41.2 Å². The Bertz CT molecular complexity index is 632. The van der Waals surface area contributed by atoms with Gasteiger partial charge in [-0.25, -0.2) is 9.97 Å². The van der Waals surface area contributed by atoms with Crippen molar-refractivity contribution in [1.82, 2.24) is 9.97 Å². The second-order valence-electron chi connectivity index (χ2n) is 5.39. The number of benzene rings is 1. The van der Waals surface area contributed by atoms with Crippen molar-refractivity contribution in [2.45, 2.75) is 32.6 Å². The Morgan fingerprint density at radius 1 is 1.10 bits per heavy atom. The van der Waals surface area contributed by atoms with Gasteiger partial charge in [-0.15, -0.1) is 0 Å². The van der Waals surface area contributed by atoms with Gasteiger partial charge >= 0.3 is 0 Å². The second-order valence-corrected chi connectivity index (χ2v) is 5.39. The summed E-state index contributed by atoms with van der Waals surface area (Å²) >= 11 is 0. The molecule has 4 nitrogen and oxygen atoms in total. The van der Waals surface area contributed by atoms with E-state index < -0.39 is 0 Å². The van der Waals surface area contributed by atoms with Gasteiger partial charge in [0, 0.05) is 24.7 Å². The van der Waals surface area contributed by atoms with Crippen LogP contribution in [0.4, 0.5) is 17.3 Å². The summed E-state index contributed by atoms with van der Waals surface area (Å²) in [4.78, 5) is 9.18. The largest absolute Gasteiger partial charge is 0.373 e. The molecule has 1 aromatic heterocycles. The van der Waals surface area contributed by atoms with Crippen molar-refractivity contribution >= 4 is 17.3 Å². The number of aryl methyl sites for hydroxylation is 1. The maximum atomic E-state index is 4.65. The SMILES string of the molecule is CNc1cc(Nc2cccc(C)c2C)nc(C2CC2)n1. The molecule has 1 aliphatic carbocycles. The molecule has 0 aliphatic heterocycles. The molecule has 3 rings (SSSR count). The van der Waals surface area contributed by atoms with Crippen LogP contribution < -0.4 is 10.6 Å². The standard InChI is InChI=1S/C16H20N4/c1-10-5-4-6-13(11(10)2)18-15-9-14(17-3)19-16(20-15)12-7-8-12/h4-6,9,12H,7-8H2,1-3H3,(H2,17,18,19,20). The smallest absolute Gasteiger partial charge is 0.136 e. The van der Waals surface area contributed by atoms with Crippen molar-refractivity contribution in [2.24, 2.45) is 0 Å². The van der Waals surface area contributed by atoms with Gasteiger partial charge in [-0.3, -0.25) is 0 Å². The lowest BCUT2D eigenvalue weighted by Gasteiger charge is -2.12. The number of rotatable bonds is 4. The Hall–Kier alpha value is -2.10. The Labute approximate surface area is 119 Å². The minimum atomic E-state index is 0.544. The summed E-state index contributed by atoms with van der Waals surface area (Å²) in [6, 6.07) is 8.22. The average molecular weight is 268 g/mol. The first-order valence-electron chi connectivity index (χ1n) is 7.07. The predicted molar refractivity (Wildman–Crippen MR) is 82.8 cm³/mol. The molecule has 1 heterocycles. The molecule has 1 aromatic carbocycles. The summed E-state index contributed by atoms with van der Waals surface area (Å²) in [7, 11) is 1.89. The summed E-state index contributed by atoms with van der Waals surface area (Å²) in [5.41, 5.74) is 3.64. The van der Waals surface area contributed by atoms with E-state index in [1.807, 2.05) is 13.1 Å². The number of hydrogen-bond donors (Lipinski definition) is 2. The number of hydrogen-bond acceptors (Lipinski definition) is 4. The molecule has 2 aromatic rings. The fourth-order valence-electron chi connectivity index (χ4n) is 2.21. The van der Waals surface area contributed by atoms with E-state index in [-0.39, 0.29) is 0 Å². The first kappa shape index (κ1) is 12.9. The van der Waals surface area contributed by atoms with E-state index in [0.717, 1.165) is 23.1 Å². The molecule has 0 unspecified atom stereocenters. The zero-order valence-corrected chi connectivity index (χ0v) is 12.2. The molecule has 0 radical (unpaired) electrons. The van der Waals surface area contributed by atoms with Crippen LogP contribution in [0.5, 0.6) is 0 Å². The Kier molecular flexibility index (Phi) is 3.30. The third kappa shape index (κ3) is 2.59. The van der Waals surface area contributed by atoms with Gasteiger partial charge in [-0.1, -0.05) is 12.1 Å². The van der Waals surface area contributed by atoms with Gasteiger partial charge < -0.3 is 10.6 Å². The van der Waals surface area contributed by atoms with Crippen LogP contribution in [-0.4, -0.2) is 17.0 Å². The Morgan fingerprint density at radius 2 is 1.85 bits per heavy atom. The third-order valence-electron chi connectivity index (χ3n) is 3.81. The van der Waals surface area contributed by atoms with Gasteiger partial charge in [0.05, 0.1) is 0 Å². The van der Waals surface area contributed by atoms with Crippen LogP contribution in [0.25, 0.3) is 0 Å². The molecule has 104 valence electrons. The van der Waals surface area contributed by atoms with Gasteiger partial charge in [-0.2, -0.15) is 0 Å². The maximum Gasteiger partial charge on any atom is 0.136 e. The van der Waals surface area contributed by atoms with Crippen LogP contribution in [0, 0.1) is 13.8 Å². The molecule has 0 saturated heterocycles. The topological polar surface area (TPSA) is 49.8 Å². The first-order chi connectivity index (χ1) is 9.67. The lowest BCUT2D eigenvalue weighted by atomic mass is 10.1. The van der Waals surface area contributed by atoms with E-state index >= 15 is 0 Å². The van der Waals surface area contributed by atoms with E-state index in [1.165, 1.54) is 24.0 Å². The molecule has 0 spiro atoms. The van der Waals surface area contributed by atoms with Gasteiger partial charge in [0.25, 0.3) is 0 Å². The predicted octanol–water partition coefficient (Wildman–Crippen LogP) is 3.76. The Balaban J connectivity index is 1.93. The van der Waals surface area contributed by atoms with Crippen molar-refractivity contribution in [1.29, 1.82) is 0 Å². The first-order valence-corrected chi connectivity index (χ1v) is 7.07. The van der Waals surface area contributed by atoms with Gasteiger partial charge in [-0.05, 0) is 43.9 Å². The average Bonchev–Trinajstić information content (AvgIpc) is 3.28. The summed E-state index contributed by atoms with van der Waals surface area (Å²) in [5.74, 6) is 3.22. The molecule has 1 aliphatic rings. The van der Waals surface area contributed by atoms with Crippen molar-refractivity contribution < 1.29 is 0 Å². The van der Waals surface area contributed by atoms with Crippen LogP contribution in [0.3, 0.4) is 0 Å². The zero-order chi connectivity index (χ0) is 14.1. The van der Waals surface area contributed by atoms with Crippen molar-refractivity contribution in [2.75, 3.05) is 17.7 Å². The van der Waals surface area contributed by atoms with Gasteiger partial charge in [0.1, 0.15) is 17.5 Å². The van der Waals surface area contributed by atoms with Crippen molar-refractivity contribution in [3.8, 4) is 0 Å². The molecule has 0 atom stereocenters. The molecule has 20 heavy (non-hydrogen) atoms. The maximum absolute atomic E-state index is 4.65. The van der Waals surface area contributed by atoms with E-state index in [9.17, 15) is 0 Å². The quantitative estimate of drug-likeness (QED) is 0.886. The van der Waals surface area contributed by atoms with Crippen LogP contribution in [-0.2, 0) is 0 Å². The van der Waals surface area contributed by atoms with E-state index in [1.54, 1.807) is 0 Å². The minimum Gasteiger partial charge on any atom is -0.373 e. The van der Waals surface area contributed by atoms with Crippen LogP contribution in [0.15, 0.2) is 24.3 Å². The summed E-state index contributed by atoms with van der Waals surface area (Å²) in [6.45, 7) is 4.24. The number of nitrogens with zero attached hydrogens (tertiary/aromatic N) is 2. The second kappa shape index (κ2) is 5.12. The third-order valence-corrected chi connectivity index (χ3v) is 3.81. The molecule has 4 heteroatoms. The van der Waals surface area contributed by atoms with Gasteiger partial charge in [0.15, 0.2) is 0 Å². The highest BCUT2D eigenvalue weighted by molar-refractivity contribution is 5.63. The molecule has 0 bridgehead atoms. The monoisotopic (exact) mass is 268 g/mol. The fourth-order valence-corrected chi connectivity index (χ4v) is 2.21. The van der Waals surface area contributed by atoms with Gasteiger partial charge in [0.2, 0.25) is 0 Å². The van der Waals surface area contributed by atoms with Crippen LogP contribution in [0.2, 0.25) is 0 Å². The molecule has 1 saturated carbocycles.